The van der Waals surface area contributed by atoms with E-state index in [4.69, 9.17) is 0 Å². The van der Waals surface area contributed by atoms with Gasteiger partial charge in [0.1, 0.15) is 0 Å². The molecule has 3 heteroatoms. The molecule has 0 saturated carbocycles. The predicted octanol–water partition coefficient (Wildman–Crippen LogP) is 2.37. The maximum absolute atomic E-state index is 11.2. The van der Waals surface area contributed by atoms with E-state index in [0.29, 0.717) is 0 Å². The summed E-state index contributed by atoms with van der Waals surface area (Å²) < 4.78 is 0. The van der Waals surface area contributed by atoms with Crippen molar-refractivity contribution in [2.75, 3.05) is 6.54 Å². The van der Waals surface area contributed by atoms with Gasteiger partial charge in [0, 0.05) is 12.1 Å². The molecule has 0 bridgehead atoms. The number of hydrogen-bond acceptors (Lipinski definition) is 2. The Morgan fingerprint density at radius 2 is 2.06 bits per heavy atom. The first kappa shape index (κ1) is 12.1. The molecule has 1 unspecified atom stereocenters. The fourth-order valence-electron chi connectivity index (χ4n) is 2.66. The van der Waals surface area contributed by atoms with Crippen LogP contribution in [0.25, 0.3) is 0 Å². The molecule has 1 atom stereocenters. The van der Waals surface area contributed by atoms with Gasteiger partial charge in [0.25, 0.3) is 0 Å². The van der Waals surface area contributed by atoms with Crippen LogP contribution in [-0.4, -0.2) is 28.1 Å². The Bertz CT molecular complexity index is 400. The number of likely N-dealkylation sites (tertiary alicyclic amines) is 1. The summed E-state index contributed by atoms with van der Waals surface area (Å²) in [5.41, 5.74) is 0.980. The SMILES string of the molecule is CC1(C)C(C(=O)O)CCN1Cc1ccccc1. The van der Waals surface area contributed by atoms with Gasteiger partial charge < -0.3 is 5.11 Å². The van der Waals surface area contributed by atoms with Crippen molar-refractivity contribution in [1.29, 1.82) is 0 Å². The quantitative estimate of drug-likeness (QED) is 0.871. The van der Waals surface area contributed by atoms with Gasteiger partial charge in [0.15, 0.2) is 0 Å². The number of carboxylic acids is 1. The van der Waals surface area contributed by atoms with Gasteiger partial charge in [-0.05, 0) is 32.4 Å². The lowest BCUT2D eigenvalue weighted by atomic mass is 9.88. The highest BCUT2D eigenvalue weighted by Gasteiger charge is 2.44. The standard InChI is InChI=1S/C14H19NO2/c1-14(2)12(13(16)17)8-9-15(14)10-11-6-4-3-5-7-11/h3-7,12H,8-10H2,1-2H3,(H,16,17). The van der Waals surface area contributed by atoms with Crippen LogP contribution in [0.5, 0.6) is 0 Å². The molecule has 1 fully saturated rings. The Balaban J connectivity index is 2.11. The third-order valence-electron chi connectivity index (χ3n) is 3.87. The summed E-state index contributed by atoms with van der Waals surface area (Å²) >= 11 is 0. The summed E-state index contributed by atoms with van der Waals surface area (Å²) in [7, 11) is 0. The van der Waals surface area contributed by atoms with Crippen LogP contribution in [0.1, 0.15) is 25.8 Å². The van der Waals surface area contributed by atoms with Gasteiger partial charge in [0.05, 0.1) is 5.92 Å². The normalized spacial score (nSPS) is 23.8. The summed E-state index contributed by atoms with van der Waals surface area (Å²) in [6.07, 6.45) is 0.745. The summed E-state index contributed by atoms with van der Waals surface area (Å²) in [6.45, 7) is 5.75. The molecule has 92 valence electrons. The largest absolute Gasteiger partial charge is 0.481 e. The first-order valence-corrected chi connectivity index (χ1v) is 6.03. The zero-order valence-corrected chi connectivity index (χ0v) is 10.4. The van der Waals surface area contributed by atoms with Crippen LogP contribution in [0.4, 0.5) is 0 Å². The van der Waals surface area contributed by atoms with Crippen LogP contribution in [0.2, 0.25) is 0 Å². The highest BCUT2D eigenvalue weighted by atomic mass is 16.4. The van der Waals surface area contributed by atoms with Crippen molar-refractivity contribution < 1.29 is 9.90 Å². The second-order valence-electron chi connectivity index (χ2n) is 5.24. The second kappa shape index (κ2) is 4.49. The first-order valence-electron chi connectivity index (χ1n) is 6.03. The molecule has 0 spiro atoms. The molecule has 0 amide bonds. The van der Waals surface area contributed by atoms with Crippen molar-refractivity contribution >= 4 is 5.97 Å². The van der Waals surface area contributed by atoms with E-state index in [2.05, 4.69) is 17.0 Å². The average Bonchev–Trinajstić information content (AvgIpc) is 2.56. The lowest BCUT2D eigenvalue weighted by molar-refractivity contribution is -0.144. The zero-order valence-electron chi connectivity index (χ0n) is 10.4. The first-order chi connectivity index (χ1) is 8.01. The number of hydrogen-bond donors (Lipinski definition) is 1. The van der Waals surface area contributed by atoms with E-state index in [1.807, 2.05) is 32.0 Å². The van der Waals surface area contributed by atoms with E-state index in [0.717, 1.165) is 19.5 Å². The molecule has 0 aromatic heterocycles. The Labute approximate surface area is 102 Å². The van der Waals surface area contributed by atoms with Crippen molar-refractivity contribution in [2.45, 2.75) is 32.4 Å². The smallest absolute Gasteiger partial charge is 0.308 e. The van der Waals surface area contributed by atoms with Gasteiger partial charge in [-0.1, -0.05) is 30.3 Å². The van der Waals surface area contributed by atoms with Crippen LogP contribution >= 0.6 is 0 Å². The minimum absolute atomic E-state index is 0.258. The number of carbonyl (C=O) groups is 1. The van der Waals surface area contributed by atoms with E-state index in [1.165, 1.54) is 5.56 Å². The van der Waals surface area contributed by atoms with Crippen LogP contribution < -0.4 is 0 Å². The molecular formula is C14H19NO2. The fraction of sp³-hybridized carbons (Fsp3) is 0.500. The van der Waals surface area contributed by atoms with Gasteiger partial charge >= 0.3 is 5.97 Å². The monoisotopic (exact) mass is 233 g/mol. The van der Waals surface area contributed by atoms with E-state index >= 15 is 0 Å². The predicted molar refractivity (Wildman–Crippen MR) is 66.7 cm³/mol. The topological polar surface area (TPSA) is 40.5 Å². The summed E-state index contributed by atoms with van der Waals surface area (Å²) in [5.74, 6) is -0.934. The second-order valence-corrected chi connectivity index (χ2v) is 5.24. The molecule has 17 heavy (non-hydrogen) atoms. The summed E-state index contributed by atoms with van der Waals surface area (Å²) in [6, 6.07) is 10.2. The van der Waals surface area contributed by atoms with Crippen molar-refractivity contribution in [1.82, 2.24) is 4.90 Å². The lowest BCUT2D eigenvalue weighted by Gasteiger charge is -2.34. The van der Waals surface area contributed by atoms with E-state index in [9.17, 15) is 9.90 Å². The van der Waals surface area contributed by atoms with Crippen LogP contribution in [0.3, 0.4) is 0 Å². The third kappa shape index (κ3) is 2.34. The van der Waals surface area contributed by atoms with E-state index in [-0.39, 0.29) is 11.5 Å². The molecule has 1 aliphatic rings. The van der Waals surface area contributed by atoms with Crippen molar-refractivity contribution in [2.24, 2.45) is 5.92 Å². The van der Waals surface area contributed by atoms with E-state index in [1.54, 1.807) is 0 Å². The molecule has 1 N–H and O–H groups in total. The summed E-state index contributed by atoms with van der Waals surface area (Å²) in [4.78, 5) is 13.5. The lowest BCUT2D eigenvalue weighted by Crippen LogP contribution is -2.44. The maximum atomic E-state index is 11.2. The van der Waals surface area contributed by atoms with E-state index < -0.39 is 5.97 Å². The van der Waals surface area contributed by atoms with Gasteiger partial charge in [-0.15, -0.1) is 0 Å². The summed E-state index contributed by atoms with van der Waals surface area (Å²) in [5, 5.41) is 9.21. The minimum Gasteiger partial charge on any atom is -0.481 e. The molecular weight excluding hydrogens is 214 g/mol. The average molecular weight is 233 g/mol. The van der Waals surface area contributed by atoms with Crippen LogP contribution in [-0.2, 0) is 11.3 Å². The highest BCUT2D eigenvalue weighted by molar-refractivity contribution is 5.72. The zero-order chi connectivity index (χ0) is 12.5. The van der Waals surface area contributed by atoms with Crippen LogP contribution in [0, 0.1) is 5.92 Å². The van der Waals surface area contributed by atoms with Crippen LogP contribution in [0.15, 0.2) is 30.3 Å². The molecule has 3 nitrogen and oxygen atoms in total. The van der Waals surface area contributed by atoms with Crippen molar-refractivity contribution in [3.8, 4) is 0 Å². The molecule has 1 saturated heterocycles. The van der Waals surface area contributed by atoms with Crippen molar-refractivity contribution in [3.63, 3.8) is 0 Å². The Kier molecular flexibility index (Phi) is 3.20. The number of benzene rings is 1. The molecule has 2 rings (SSSR count). The number of rotatable bonds is 3. The van der Waals surface area contributed by atoms with Gasteiger partial charge in [0.2, 0.25) is 0 Å². The molecule has 1 aromatic carbocycles. The Hall–Kier alpha value is -1.35. The molecule has 0 radical (unpaired) electrons. The van der Waals surface area contributed by atoms with Gasteiger partial charge in [-0.3, -0.25) is 9.69 Å². The molecule has 0 aliphatic carbocycles. The molecule has 1 aromatic rings. The number of carboxylic acid groups (broad SMARTS) is 1. The molecule has 1 aliphatic heterocycles. The van der Waals surface area contributed by atoms with Crippen molar-refractivity contribution in [3.05, 3.63) is 35.9 Å². The highest BCUT2D eigenvalue weighted by Crippen LogP contribution is 2.35. The minimum atomic E-state index is -0.675. The fourth-order valence-corrected chi connectivity index (χ4v) is 2.66. The molecule has 1 heterocycles. The maximum Gasteiger partial charge on any atom is 0.308 e. The third-order valence-corrected chi connectivity index (χ3v) is 3.87. The Morgan fingerprint density at radius 1 is 1.41 bits per heavy atom. The Morgan fingerprint density at radius 3 is 2.59 bits per heavy atom. The number of aliphatic carboxylic acids is 1. The van der Waals surface area contributed by atoms with Gasteiger partial charge in [-0.25, -0.2) is 0 Å². The van der Waals surface area contributed by atoms with Gasteiger partial charge in [-0.2, -0.15) is 0 Å². The number of nitrogens with zero attached hydrogens (tertiary/aromatic N) is 1.